The van der Waals surface area contributed by atoms with Crippen molar-refractivity contribution in [2.45, 2.75) is 19.0 Å². The van der Waals surface area contributed by atoms with E-state index in [1.54, 1.807) is 0 Å². The highest BCUT2D eigenvalue weighted by Gasteiger charge is 2.34. The molecule has 0 amide bonds. The van der Waals surface area contributed by atoms with E-state index in [0.717, 1.165) is 0 Å². The molecule has 2 atom stereocenters. The van der Waals surface area contributed by atoms with Crippen LogP contribution in [-0.2, 0) is 0 Å². The van der Waals surface area contributed by atoms with Gasteiger partial charge in [-0.1, -0.05) is 30.3 Å². The fraction of sp³-hybridized carbons (Fsp3) is 0.455. The first-order valence-corrected chi connectivity index (χ1v) is 5.04. The Kier molecular flexibility index (Phi) is 2.61. The van der Waals surface area contributed by atoms with E-state index in [-0.39, 0.29) is 0 Å². The van der Waals surface area contributed by atoms with E-state index in [1.807, 2.05) is 0 Å². The summed E-state index contributed by atoms with van der Waals surface area (Å²) >= 11 is 0. The van der Waals surface area contributed by atoms with Crippen molar-refractivity contribution in [2.24, 2.45) is 0 Å². The molecule has 0 N–H and O–H groups in total. The van der Waals surface area contributed by atoms with Crippen LogP contribution in [0.3, 0.4) is 0 Å². The van der Waals surface area contributed by atoms with Gasteiger partial charge in [0.05, 0.1) is 0 Å². The highest BCUT2D eigenvalue weighted by molar-refractivity contribution is 6.29. The van der Waals surface area contributed by atoms with Crippen LogP contribution in [0.25, 0.3) is 0 Å². The van der Waals surface area contributed by atoms with Crippen LogP contribution >= 0.6 is 0 Å². The number of nitrogens with zero attached hydrogens (tertiary/aromatic N) is 2. The van der Waals surface area contributed by atoms with Gasteiger partial charge in [0.25, 0.3) is 0 Å². The van der Waals surface area contributed by atoms with Gasteiger partial charge in [0.1, 0.15) is 0 Å². The molecule has 14 heavy (non-hydrogen) atoms. The minimum absolute atomic E-state index is 0.487. The minimum Gasteiger partial charge on any atom is -0.331 e. The fourth-order valence-electron chi connectivity index (χ4n) is 2.19. The predicted octanol–water partition coefficient (Wildman–Crippen LogP) is 1.53. The summed E-state index contributed by atoms with van der Waals surface area (Å²) in [4.78, 5) is 4.54. The van der Waals surface area contributed by atoms with Gasteiger partial charge in [-0.05, 0) is 26.6 Å². The van der Waals surface area contributed by atoms with Crippen LogP contribution in [0.1, 0.15) is 18.5 Å². The van der Waals surface area contributed by atoms with E-state index in [4.69, 9.17) is 0 Å². The van der Waals surface area contributed by atoms with Gasteiger partial charge in [-0.3, -0.25) is 0 Å². The van der Waals surface area contributed by atoms with Crippen LogP contribution in [0.5, 0.6) is 0 Å². The molecule has 0 spiro atoms. The van der Waals surface area contributed by atoms with Gasteiger partial charge in [0.2, 0.25) is 0 Å². The lowest BCUT2D eigenvalue weighted by Gasteiger charge is -2.24. The summed E-state index contributed by atoms with van der Waals surface area (Å²) < 4.78 is 0. The van der Waals surface area contributed by atoms with Crippen molar-refractivity contribution < 1.29 is 0 Å². The molecule has 0 saturated carbocycles. The molecule has 1 heterocycles. The van der Waals surface area contributed by atoms with Gasteiger partial charge in [-0.25, -0.2) is 0 Å². The molecule has 1 aliphatic heterocycles. The zero-order valence-corrected chi connectivity index (χ0v) is 9.01. The Morgan fingerprint density at radius 3 is 2.21 bits per heavy atom. The lowest BCUT2D eigenvalue weighted by molar-refractivity contribution is 0.330. The maximum Gasteiger partial charge on any atom is 0.313 e. The lowest BCUT2D eigenvalue weighted by atomic mass is 10.0. The van der Waals surface area contributed by atoms with Gasteiger partial charge in [0.15, 0.2) is 0 Å². The molecule has 0 aromatic heterocycles. The van der Waals surface area contributed by atoms with Crippen molar-refractivity contribution in [1.29, 1.82) is 0 Å². The second kappa shape index (κ2) is 3.75. The Morgan fingerprint density at radius 2 is 1.71 bits per heavy atom. The third-order valence-electron chi connectivity index (χ3n) is 3.04. The summed E-state index contributed by atoms with van der Waals surface area (Å²) in [7, 11) is 6.43. The van der Waals surface area contributed by atoms with Crippen molar-refractivity contribution in [3.05, 3.63) is 35.9 Å². The summed E-state index contributed by atoms with van der Waals surface area (Å²) in [5.41, 5.74) is 1.39. The molecule has 0 unspecified atom stereocenters. The second-order valence-electron chi connectivity index (χ2n) is 4.04. The monoisotopic (exact) mass is 187 g/mol. The summed E-state index contributed by atoms with van der Waals surface area (Å²) in [6.07, 6.45) is 0. The van der Waals surface area contributed by atoms with Crippen LogP contribution in [0, 0.1) is 0 Å². The maximum atomic E-state index is 2.28. The number of benzene rings is 1. The topological polar surface area (TPSA) is 6.48 Å². The quantitative estimate of drug-likeness (QED) is 0.615. The predicted molar refractivity (Wildman–Crippen MR) is 59.9 cm³/mol. The van der Waals surface area contributed by atoms with Gasteiger partial charge in [-0.15, -0.1) is 0 Å². The smallest absolute Gasteiger partial charge is 0.313 e. The molecule has 1 radical (unpaired) electrons. The molecule has 1 saturated heterocycles. The van der Waals surface area contributed by atoms with E-state index >= 15 is 0 Å². The highest BCUT2D eigenvalue weighted by Crippen LogP contribution is 2.29. The molecule has 0 bridgehead atoms. The van der Waals surface area contributed by atoms with Crippen LogP contribution in [0.15, 0.2) is 30.3 Å². The van der Waals surface area contributed by atoms with Crippen molar-refractivity contribution in [3.63, 3.8) is 0 Å². The second-order valence-corrected chi connectivity index (χ2v) is 4.04. The van der Waals surface area contributed by atoms with Crippen molar-refractivity contribution in [2.75, 3.05) is 14.1 Å². The molecular weight excluding hydrogens is 171 g/mol. The largest absolute Gasteiger partial charge is 0.331 e. The highest BCUT2D eigenvalue weighted by atomic mass is 15.3. The Labute approximate surface area is 86.8 Å². The normalized spacial score (nSPS) is 29.1. The zero-order chi connectivity index (χ0) is 10.1. The molecule has 1 fully saturated rings. The molecule has 1 aromatic carbocycles. The molecular formula is C11H16BN2. The van der Waals surface area contributed by atoms with Crippen molar-refractivity contribution in [3.8, 4) is 0 Å². The van der Waals surface area contributed by atoms with Gasteiger partial charge in [-0.2, -0.15) is 0 Å². The minimum atomic E-state index is 0.487. The Hall–Kier alpha value is -0.795. The number of rotatable bonds is 1. The van der Waals surface area contributed by atoms with Crippen LogP contribution in [-0.4, -0.2) is 37.3 Å². The lowest BCUT2D eigenvalue weighted by Crippen LogP contribution is -2.26. The van der Waals surface area contributed by atoms with Gasteiger partial charge >= 0.3 is 7.55 Å². The van der Waals surface area contributed by atoms with E-state index in [1.165, 1.54) is 5.56 Å². The molecule has 73 valence electrons. The first kappa shape index (κ1) is 9.75. The Balaban J connectivity index is 2.26. The molecule has 1 aliphatic rings. The van der Waals surface area contributed by atoms with Gasteiger partial charge in [0, 0.05) is 12.1 Å². The molecule has 2 nitrogen and oxygen atoms in total. The first-order chi connectivity index (χ1) is 6.70. The zero-order valence-electron chi connectivity index (χ0n) is 9.01. The number of hydrogen-bond donors (Lipinski definition) is 0. The van der Waals surface area contributed by atoms with Crippen molar-refractivity contribution in [1.82, 2.24) is 9.62 Å². The Morgan fingerprint density at radius 1 is 1.07 bits per heavy atom. The molecule has 3 heteroatoms. The number of hydrogen-bond acceptors (Lipinski definition) is 2. The maximum absolute atomic E-state index is 2.28. The standard InChI is InChI=1S/C11H16BN2/c1-9-11(14(3)12-13(9)2)10-7-5-4-6-8-10/h4-9,11H,1-3H3/t9-,11-/m1/s1. The first-order valence-electron chi connectivity index (χ1n) is 5.04. The molecule has 0 aliphatic carbocycles. The summed E-state index contributed by atoms with van der Waals surface area (Å²) in [6, 6.07) is 11.7. The molecule has 2 rings (SSSR count). The van der Waals surface area contributed by atoms with Crippen LogP contribution < -0.4 is 0 Å². The molecule has 1 aromatic rings. The SMILES string of the molecule is C[C@@H]1[C@H](c2ccccc2)N(C)[B]N1C. The number of likely N-dealkylation sites (N-methyl/N-ethyl adjacent to an activating group) is 2. The van der Waals surface area contributed by atoms with E-state index in [9.17, 15) is 0 Å². The summed E-state index contributed by atoms with van der Waals surface area (Å²) in [5, 5.41) is 0. The average Bonchev–Trinajstić information content (AvgIpc) is 2.43. The third-order valence-corrected chi connectivity index (χ3v) is 3.04. The Bertz CT molecular complexity index is 301. The van der Waals surface area contributed by atoms with E-state index in [0.29, 0.717) is 12.1 Å². The van der Waals surface area contributed by atoms with Crippen molar-refractivity contribution >= 4 is 7.55 Å². The summed E-state index contributed by atoms with van der Waals surface area (Å²) in [5.74, 6) is 0. The van der Waals surface area contributed by atoms with E-state index in [2.05, 4.69) is 68.5 Å². The van der Waals surface area contributed by atoms with Crippen LogP contribution in [0.4, 0.5) is 0 Å². The van der Waals surface area contributed by atoms with Gasteiger partial charge < -0.3 is 9.62 Å². The van der Waals surface area contributed by atoms with Crippen LogP contribution in [0.2, 0.25) is 0 Å². The third kappa shape index (κ3) is 1.58. The fourth-order valence-corrected chi connectivity index (χ4v) is 2.19. The van der Waals surface area contributed by atoms with E-state index < -0.39 is 0 Å². The summed E-state index contributed by atoms with van der Waals surface area (Å²) in [6.45, 7) is 2.26. The average molecular weight is 187 g/mol.